The second-order valence-electron chi connectivity index (χ2n) is 7.69. The van der Waals surface area contributed by atoms with Crippen LogP contribution in [0.1, 0.15) is 48.4 Å². The molecule has 0 aliphatic carbocycles. The van der Waals surface area contributed by atoms with Crippen molar-refractivity contribution in [1.82, 2.24) is 0 Å². The van der Waals surface area contributed by atoms with E-state index < -0.39 is 5.97 Å². The van der Waals surface area contributed by atoms with E-state index in [0.717, 1.165) is 18.8 Å². The van der Waals surface area contributed by atoms with Gasteiger partial charge in [0.1, 0.15) is 0 Å². The van der Waals surface area contributed by atoms with E-state index in [9.17, 15) is 14.7 Å². The number of benzene rings is 2. The molecular formula is C22H27ClN2O3. The molecule has 0 bridgehead atoms. The molecule has 2 rings (SSSR count). The number of nitrogens with zero attached hydrogens (tertiary/aromatic N) is 1. The van der Waals surface area contributed by atoms with Crippen LogP contribution in [0.4, 0.5) is 11.4 Å². The normalized spacial score (nSPS) is 11.0. The summed E-state index contributed by atoms with van der Waals surface area (Å²) < 4.78 is 0. The Balaban J connectivity index is 2.44. The Bertz CT molecular complexity index is 839. The zero-order valence-electron chi connectivity index (χ0n) is 16.7. The van der Waals surface area contributed by atoms with Gasteiger partial charge in [0, 0.05) is 23.7 Å². The van der Waals surface area contributed by atoms with Crippen molar-refractivity contribution in [1.29, 1.82) is 0 Å². The largest absolute Gasteiger partial charge is 0.478 e. The predicted octanol–water partition coefficient (Wildman–Crippen LogP) is 5.41. The van der Waals surface area contributed by atoms with Crippen LogP contribution in [0.2, 0.25) is 5.02 Å². The molecule has 2 aromatic carbocycles. The number of nitrogens with one attached hydrogen (secondary N) is 1. The van der Waals surface area contributed by atoms with E-state index in [4.69, 9.17) is 11.6 Å². The van der Waals surface area contributed by atoms with E-state index in [1.807, 2.05) is 0 Å². The molecule has 0 saturated heterocycles. The standard InChI is InChI=1S/C22H27ClN2O3/c1-14(2)12-25(13-15(3)4)20-9-8-17(22(27)28)11-19(20)24-21(26)16-6-5-7-18(23)10-16/h5-11,14-15H,12-13H2,1-4H3,(H,24,26)(H,27,28). The third-order valence-electron chi connectivity index (χ3n) is 4.09. The molecule has 0 heterocycles. The number of carboxylic acids is 1. The molecule has 6 heteroatoms. The monoisotopic (exact) mass is 402 g/mol. The molecule has 0 saturated carbocycles. The van der Waals surface area contributed by atoms with Crippen molar-refractivity contribution >= 4 is 34.9 Å². The summed E-state index contributed by atoms with van der Waals surface area (Å²) in [6.45, 7) is 10.1. The van der Waals surface area contributed by atoms with E-state index in [-0.39, 0.29) is 11.5 Å². The van der Waals surface area contributed by atoms with Crippen molar-refractivity contribution in [3.8, 4) is 0 Å². The van der Waals surface area contributed by atoms with Gasteiger partial charge in [0.2, 0.25) is 0 Å². The SMILES string of the molecule is CC(C)CN(CC(C)C)c1ccc(C(=O)O)cc1NC(=O)c1cccc(Cl)c1. The minimum Gasteiger partial charge on any atom is -0.478 e. The molecule has 5 nitrogen and oxygen atoms in total. The molecule has 0 unspecified atom stereocenters. The van der Waals surface area contributed by atoms with E-state index in [2.05, 4.69) is 37.9 Å². The maximum atomic E-state index is 12.7. The van der Waals surface area contributed by atoms with Gasteiger partial charge in [-0.05, 0) is 48.2 Å². The molecular weight excluding hydrogens is 376 g/mol. The fourth-order valence-corrected chi connectivity index (χ4v) is 3.21. The van der Waals surface area contributed by atoms with Crippen LogP contribution in [-0.2, 0) is 0 Å². The van der Waals surface area contributed by atoms with Gasteiger partial charge in [-0.25, -0.2) is 4.79 Å². The topological polar surface area (TPSA) is 69.6 Å². The van der Waals surface area contributed by atoms with Gasteiger partial charge in [-0.3, -0.25) is 4.79 Å². The summed E-state index contributed by atoms with van der Waals surface area (Å²) in [5.41, 5.74) is 1.83. The summed E-state index contributed by atoms with van der Waals surface area (Å²) in [5.74, 6) is -0.548. The lowest BCUT2D eigenvalue weighted by atomic mass is 10.1. The Kier molecular flexibility index (Phi) is 7.46. The molecule has 0 aliphatic heterocycles. The molecule has 0 aromatic heterocycles. The lowest BCUT2D eigenvalue weighted by Gasteiger charge is -2.30. The first-order valence-corrected chi connectivity index (χ1v) is 9.74. The van der Waals surface area contributed by atoms with Gasteiger partial charge < -0.3 is 15.3 Å². The van der Waals surface area contributed by atoms with Gasteiger partial charge >= 0.3 is 5.97 Å². The van der Waals surface area contributed by atoms with Gasteiger partial charge in [-0.2, -0.15) is 0 Å². The highest BCUT2D eigenvalue weighted by Gasteiger charge is 2.18. The second kappa shape index (κ2) is 9.60. The lowest BCUT2D eigenvalue weighted by molar-refractivity contribution is 0.0696. The molecule has 28 heavy (non-hydrogen) atoms. The van der Waals surface area contributed by atoms with E-state index in [0.29, 0.717) is 28.1 Å². The van der Waals surface area contributed by atoms with Crippen molar-refractivity contribution < 1.29 is 14.7 Å². The van der Waals surface area contributed by atoms with Gasteiger partial charge in [0.05, 0.1) is 16.9 Å². The van der Waals surface area contributed by atoms with Crippen molar-refractivity contribution in [3.05, 3.63) is 58.6 Å². The predicted molar refractivity (Wildman–Crippen MR) is 115 cm³/mol. The van der Waals surface area contributed by atoms with Crippen LogP contribution >= 0.6 is 11.6 Å². The van der Waals surface area contributed by atoms with Gasteiger partial charge in [0.25, 0.3) is 5.91 Å². The average molecular weight is 403 g/mol. The first-order chi connectivity index (χ1) is 13.2. The minimum atomic E-state index is -1.04. The minimum absolute atomic E-state index is 0.124. The quantitative estimate of drug-likeness (QED) is 0.619. The van der Waals surface area contributed by atoms with Crippen LogP contribution in [0.15, 0.2) is 42.5 Å². The van der Waals surface area contributed by atoms with Crippen LogP contribution in [0.25, 0.3) is 0 Å². The highest BCUT2D eigenvalue weighted by Crippen LogP contribution is 2.30. The smallest absolute Gasteiger partial charge is 0.335 e. The van der Waals surface area contributed by atoms with Crippen LogP contribution in [0, 0.1) is 11.8 Å². The molecule has 2 aromatic rings. The second-order valence-corrected chi connectivity index (χ2v) is 8.13. The maximum absolute atomic E-state index is 12.7. The Hall–Kier alpha value is -2.53. The fourth-order valence-electron chi connectivity index (χ4n) is 3.02. The lowest BCUT2D eigenvalue weighted by Crippen LogP contribution is -2.32. The van der Waals surface area contributed by atoms with Crippen LogP contribution < -0.4 is 10.2 Å². The first-order valence-electron chi connectivity index (χ1n) is 9.36. The van der Waals surface area contributed by atoms with Gasteiger partial charge in [0.15, 0.2) is 0 Å². The molecule has 1 amide bonds. The molecule has 0 fully saturated rings. The van der Waals surface area contributed by atoms with Crippen LogP contribution in [0.5, 0.6) is 0 Å². The summed E-state index contributed by atoms with van der Waals surface area (Å²) in [5, 5.41) is 12.7. The summed E-state index contributed by atoms with van der Waals surface area (Å²) >= 11 is 5.99. The Morgan fingerprint density at radius 1 is 1.00 bits per heavy atom. The third-order valence-corrected chi connectivity index (χ3v) is 4.33. The summed E-state index contributed by atoms with van der Waals surface area (Å²) in [6, 6.07) is 11.5. The summed E-state index contributed by atoms with van der Waals surface area (Å²) in [6.07, 6.45) is 0. The first kappa shape index (κ1) is 21.8. The molecule has 150 valence electrons. The Labute approximate surface area is 171 Å². The number of carboxylic acid groups (broad SMARTS) is 1. The summed E-state index contributed by atoms with van der Waals surface area (Å²) in [4.78, 5) is 26.4. The maximum Gasteiger partial charge on any atom is 0.335 e. The van der Waals surface area contributed by atoms with Crippen molar-refractivity contribution in [2.24, 2.45) is 11.8 Å². The summed E-state index contributed by atoms with van der Waals surface area (Å²) in [7, 11) is 0. The molecule has 0 atom stereocenters. The van der Waals surface area contributed by atoms with E-state index >= 15 is 0 Å². The van der Waals surface area contributed by atoms with Gasteiger partial charge in [-0.1, -0.05) is 45.4 Å². The third kappa shape index (κ3) is 5.99. The Morgan fingerprint density at radius 3 is 2.18 bits per heavy atom. The number of carbonyl (C=O) groups is 2. The number of anilines is 2. The number of carbonyl (C=O) groups excluding carboxylic acids is 1. The molecule has 2 N–H and O–H groups in total. The zero-order chi connectivity index (χ0) is 20.8. The number of halogens is 1. The van der Waals surface area contributed by atoms with Crippen molar-refractivity contribution in [2.75, 3.05) is 23.3 Å². The van der Waals surface area contributed by atoms with Crippen molar-refractivity contribution in [2.45, 2.75) is 27.7 Å². The number of rotatable bonds is 8. The number of amides is 1. The fraction of sp³-hybridized carbons (Fsp3) is 0.364. The number of hydrogen-bond acceptors (Lipinski definition) is 3. The van der Waals surface area contributed by atoms with E-state index in [1.165, 1.54) is 6.07 Å². The number of hydrogen-bond donors (Lipinski definition) is 2. The van der Waals surface area contributed by atoms with Crippen molar-refractivity contribution in [3.63, 3.8) is 0 Å². The Morgan fingerprint density at radius 2 is 1.64 bits per heavy atom. The molecule has 0 radical (unpaired) electrons. The highest BCUT2D eigenvalue weighted by atomic mass is 35.5. The highest BCUT2D eigenvalue weighted by molar-refractivity contribution is 6.31. The zero-order valence-corrected chi connectivity index (χ0v) is 17.5. The molecule has 0 spiro atoms. The van der Waals surface area contributed by atoms with E-state index in [1.54, 1.807) is 36.4 Å². The van der Waals surface area contributed by atoms with Crippen LogP contribution in [0.3, 0.4) is 0 Å². The average Bonchev–Trinajstić information content (AvgIpc) is 2.60. The number of aromatic carboxylic acids is 1. The molecule has 0 aliphatic rings. The van der Waals surface area contributed by atoms with Crippen LogP contribution in [-0.4, -0.2) is 30.1 Å². The van der Waals surface area contributed by atoms with Gasteiger partial charge in [-0.15, -0.1) is 0 Å².